The maximum absolute atomic E-state index is 12.8. The Bertz CT molecular complexity index is 1100. The van der Waals surface area contributed by atoms with Gasteiger partial charge in [-0.1, -0.05) is 41.9 Å². The molecule has 7 nitrogen and oxygen atoms in total. The molecule has 0 atom stereocenters. The van der Waals surface area contributed by atoms with E-state index >= 15 is 0 Å². The normalized spacial score (nSPS) is 11.3. The molecule has 0 saturated heterocycles. The van der Waals surface area contributed by atoms with E-state index in [0.717, 1.165) is 12.8 Å². The second kappa shape index (κ2) is 9.77. The third kappa shape index (κ3) is 5.40. The summed E-state index contributed by atoms with van der Waals surface area (Å²) in [5, 5.41) is 0.423. The summed E-state index contributed by atoms with van der Waals surface area (Å²) in [6.45, 7) is 2.30. The van der Waals surface area contributed by atoms with E-state index < -0.39 is 16.0 Å². The van der Waals surface area contributed by atoms with Crippen molar-refractivity contribution in [3.63, 3.8) is 0 Å². The number of carbonyl (C=O) groups excluding carboxylic acids is 1. The fourth-order valence-electron chi connectivity index (χ4n) is 2.91. The van der Waals surface area contributed by atoms with Crippen LogP contribution in [0.5, 0.6) is 0 Å². The molecular weight excluding hydrogens is 426 g/mol. The van der Waals surface area contributed by atoms with Crippen molar-refractivity contribution in [3.05, 3.63) is 77.2 Å². The Morgan fingerprint density at radius 3 is 2.50 bits per heavy atom. The van der Waals surface area contributed by atoms with Crippen molar-refractivity contribution in [2.45, 2.75) is 31.2 Å². The Morgan fingerprint density at radius 2 is 1.83 bits per heavy atom. The first-order chi connectivity index (χ1) is 14.4. The number of sulfonamides is 1. The van der Waals surface area contributed by atoms with Gasteiger partial charge in [-0.05, 0) is 49.6 Å². The van der Waals surface area contributed by atoms with Crippen molar-refractivity contribution in [2.75, 3.05) is 11.3 Å². The van der Waals surface area contributed by atoms with E-state index in [9.17, 15) is 13.2 Å². The number of hydrogen-bond donors (Lipinski definition) is 1. The summed E-state index contributed by atoms with van der Waals surface area (Å²) < 4.78 is 34.8. The second-order valence-corrected chi connectivity index (χ2v) is 8.62. The van der Waals surface area contributed by atoms with Gasteiger partial charge < -0.3 is 9.30 Å². The quantitative estimate of drug-likeness (QED) is 0.497. The third-order valence-corrected chi connectivity index (χ3v) is 5.98. The molecule has 0 bridgehead atoms. The summed E-state index contributed by atoms with van der Waals surface area (Å²) in [7, 11) is -3.95. The van der Waals surface area contributed by atoms with Crippen LogP contribution in [0.2, 0.25) is 5.02 Å². The largest absolute Gasteiger partial charge is 0.461 e. The number of ether oxygens (including phenoxy) is 1. The number of anilines is 1. The fraction of sp³-hybridized carbons (Fsp3) is 0.238. The first-order valence-corrected chi connectivity index (χ1v) is 11.3. The maximum atomic E-state index is 12.8. The lowest BCUT2D eigenvalue weighted by Gasteiger charge is -2.13. The molecule has 0 unspecified atom stereocenters. The number of carbonyl (C=O) groups is 1. The van der Waals surface area contributed by atoms with Gasteiger partial charge in [-0.15, -0.1) is 0 Å². The predicted molar refractivity (Wildman–Crippen MR) is 115 cm³/mol. The Balaban J connectivity index is 1.84. The Hall–Kier alpha value is -2.84. The molecule has 9 heteroatoms. The minimum atomic E-state index is -3.95. The number of hydrogen-bond acceptors (Lipinski definition) is 5. The summed E-state index contributed by atoms with van der Waals surface area (Å²) in [4.78, 5) is 16.4. The average molecular weight is 448 g/mol. The Labute approximate surface area is 180 Å². The van der Waals surface area contributed by atoms with Crippen molar-refractivity contribution in [1.29, 1.82) is 0 Å². The first-order valence-electron chi connectivity index (χ1n) is 9.45. The summed E-state index contributed by atoms with van der Waals surface area (Å²) in [5.41, 5.74) is 1.10. The van der Waals surface area contributed by atoms with Crippen molar-refractivity contribution in [2.24, 2.45) is 0 Å². The molecule has 0 saturated carbocycles. The topological polar surface area (TPSA) is 90.3 Å². The van der Waals surface area contributed by atoms with Gasteiger partial charge in [0.1, 0.15) is 0 Å². The van der Waals surface area contributed by atoms with Crippen LogP contribution in [0.25, 0.3) is 0 Å². The lowest BCUT2D eigenvalue weighted by molar-refractivity contribution is 0.0521. The molecule has 0 spiro atoms. The molecule has 0 fully saturated rings. The molecule has 2 aromatic carbocycles. The minimum Gasteiger partial charge on any atom is -0.461 e. The number of aryl methyl sites for hydroxylation is 2. The highest BCUT2D eigenvalue weighted by Crippen LogP contribution is 2.22. The monoisotopic (exact) mass is 447 g/mol. The van der Waals surface area contributed by atoms with Gasteiger partial charge >= 0.3 is 5.97 Å². The van der Waals surface area contributed by atoms with Crippen LogP contribution < -0.4 is 4.72 Å². The number of halogens is 1. The third-order valence-electron chi connectivity index (χ3n) is 4.37. The van der Waals surface area contributed by atoms with Gasteiger partial charge in [0.2, 0.25) is 0 Å². The Morgan fingerprint density at radius 1 is 1.13 bits per heavy atom. The fourth-order valence-corrected chi connectivity index (χ4v) is 4.11. The summed E-state index contributed by atoms with van der Waals surface area (Å²) in [6, 6.07) is 15.7. The Kier molecular flexibility index (Phi) is 7.12. The molecule has 0 aliphatic heterocycles. The van der Waals surface area contributed by atoms with Gasteiger partial charge in [0, 0.05) is 11.6 Å². The van der Waals surface area contributed by atoms with Gasteiger partial charge in [-0.2, -0.15) is 0 Å². The molecule has 158 valence electrons. The molecule has 1 aromatic heterocycles. The van der Waals surface area contributed by atoms with E-state index in [1.165, 1.54) is 36.2 Å². The highest BCUT2D eigenvalue weighted by atomic mass is 35.5. The van der Waals surface area contributed by atoms with E-state index in [2.05, 4.69) is 9.71 Å². The number of nitrogens with one attached hydrogen (secondary N) is 1. The smallest absolute Gasteiger partial charge is 0.360 e. The van der Waals surface area contributed by atoms with Crippen LogP contribution in [0.15, 0.2) is 65.8 Å². The number of nitrogens with zero attached hydrogens (tertiary/aromatic N) is 2. The number of aromatic nitrogens is 2. The zero-order valence-electron chi connectivity index (χ0n) is 16.4. The lowest BCUT2D eigenvalue weighted by atomic mass is 10.1. The van der Waals surface area contributed by atoms with Gasteiger partial charge in [0.15, 0.2) is 11.5 Å². The summed E-state index contributed by atoms with van der Waals surface area (Å²) >= 11 is 5.85. The molecule has 1 heterocycles. The van der Waals surface area contributed by atoms with Gasteiger partial charge in [-0.3, -0.25) is 4.72 Å². The van der Waals surface area contributed by atoms with E-state index in [-0.39, 0.29) is 23.0 Å². The van der Waals surface area contributed by atoms with E-state index in [1.807, 2.05) is 30.3 Å². The minimum absolute atomic E-state index is 0.0266. The molecule has 0 aliphatic carbocycles. The van der Waals surface area contributed by atoms with Gasteiger partial charge in [-0.25, -0.2) is 18.2 Å². The number of rotatable bonds is 9. The number of esters is 1. The van der Waals surface area contributed by atoms with Crippen molar-refractivity contribution in [1.82, 2.24) is 9.55 Å². The molecule has 0 aliphatic rings. The highest BCUT2D eigenvalue weighted by Gasteiger charge is 2.24. The average Bonchev–Trinajstić information content (AvgIpc) is 3.11. The highest BCUT2D eigenvalue weighted by molar-refractivity contribution is 7.92. The van der Waals surface area contributed by atoms with Crippen LogP contribution >= 0.6 is 11.6 Å². The van der Waals surface area contributed by atoms with Crippen molar-refractivity contribution < 1.29 is 17.9 Å². The van der Waals surface area contributed by atoms with Crippen LogP contribution in [-0.4, -0.2) is 30.5 Å². The van der Waals surface area contributed by atoms with Gasteiger partial charge in [0.05, 0.1) is 17.8 Å². The predicted octanol–water partition coefficient (Wildman–Crippen LogP) is 4.15. The van der Waals surface area contributed by atoms with Crippen LogP contribution in [0.1, 0.15) is 29.4 Å². The summed E-state index contributed by atoms with van der Waals surface area (Å²) in [6.07, 6.45) is 2.98. The SMILES string of the molecule is CCOC(=O)c1ncn(CCCc2ccccc2)c1NS(=O)(=O)c1ccc(Cl)cc1. The summed E-state index contributed by atoms with van der Waals surface area (Å²) in [5.74, 6) is -0.607. The molecule has 30 heavy (non-hydrogen) atoms. The molecule has 3 rings (SSSR count). The van der Waals surface area contributed by atoms with Crippen LogP contribution in [0.4, 0.5) is 5.82 Å². The maximum Gasteiger partial charge on any atom is 0.360 e. The standard InChI is InChI=1S/C21H22ClN3O4S/c1-2-29-21(26)19-20(24-30(27,28)18-12-10-17(22)11-13-18)25(15-23-19)14-6-9-16-7-4-3-5-8-16/h3-5,7-8,10-13,15,24H,2,6,9,14H2,1H3. The second-order valence-electron chi connectivity index (χ2n) is 6.50. The molecule has 3 aromatic rings. The van der Waals surface area contributed by atoms with Crippen LogP contribution in [0, 0.1) is 0 Å². The van der Waals surface area contributed by atoms with E-state index in [0.29, 0.717) is 11.6 Å². The van der Waals surface area contributed by atoms with E-state index in [1.54, 1.807) is 11.5 Å². The van der Waals surface area contributed by atoms with Crippen molar-refractivity contribution in [3.8, 4) is 0 Å². The van der Waals surface area contributed by atoms with Gasteiger partial charge in [0.25, 0.3) is 10.0 Å². The van der Waals surface area contributed by atoms with E-state index in [4.69, 9.17) is 16.3 Å². The zero-order chi connectivity index (χ0) is 21.6. The van der Waals surface area contributed by atoms with Crippen molar-refractivity contribution >= 4 is 33.4 Å². The zero-order valence-corrected chi connectivity index (χ0v) is 18.0. The number of benzene rings is 2. The number of imidazole rings is 1. The molecule has 0 radical (unpaired) electrons. The molecule has 1 N–H and O–H groups in total. The molecule has 0 amide bonds. The molecular formula is C21H22ClN3O4S. The van der Waals surface area contributed by atoms with Crippen LogP contribution in [-0.2, 0) is 27.7 Å². The first kappa shape index (κ1) is 21.9. The van der Waals surface area contributed by atoms with Crippen LogP contribution in [0.3, 0.4) is 0 Å². The lowest BCUT2D eigenvalue weighted by Crippen LogP contribution is -2.19.